The van der Waals surface area contributed by atoms with Crippen molar-refractivity contribution in [2.75, 3.05) is 18.0 Å². The summed E-state index contributed by atoms with van der Waals surface area (Å²) in [5.41, 5.74) is 0.903. The summed E-state index contributed by atoms with van der Waals surface area (Å²) in [4.78, 5) is 10.1. The molecule has 4 heteroatoms. The molecule has 0 aromatic carbocycles. The fraction of sp³-hybridized carbons (Fsp3) is 0.500. The standard InChI is InChI=1S/C10H12N4/c1-10(2)5-14(6-10)9-8(3-11)4-12-7-13-9/h4,7H,5-6H2,1-2H3. The molecule has 0 bridgehead atoms. The number of anilines is 1. The molecule has 1 aromatic heterocycles. The number of nitriles is 1. The first-order valence-electron chi connectivity index (χ1n) is 4.57. The van der Waals surface area contributed by atoms with Gasteiger partial charge in [-0.15, -0.1) is 0 Å². The third kappa shape index (κ3) is 1.41. The van der Waals surface area contributed by atoms with Gasteiger partial charge in [0, 0.05) is 13.1 Å². The Morgan fingerprint density at radius 1 is 1.50 bits per heavy atom. The highest BCUT2D eigenvalue weighted by Gasteiger charge is 2.35. The molecule has 0 atom stereocenters. The third-order valence-corrected chi connectivity index (χ3v) is 2.35. The van der Waals surface area contributed by atoms with E-state index >= 15 is 0 Å². The van der Waals surface area contributed by atoms with E-state index in [1.165, 1.54) is 6.33 Å². The van der Waals surface area contributed by atoms with Gasteiger partial charge in [0.05, 0.1) is 6.20 Å². The van der Waals surface area contributed by atoms with Gasteiger partial charge in [-0.2, -0.15) is 5.26 Å². The van der Waals surface area contributed by atoms with Crippen LogP contribution in [0.4, 0.5) is 5.82 Å². The maximum Gasteiger partial charge on any atom is 0.149 e. The van der Waals surface area contributed by atoms with Crippen molar-refractivity contribution in [3.63, 3.8) is 0 Å². The van der Waals surface area contributed by atoms with Crippen molar-refractivity contribution in [2.24, 2.45) is 5.41 Å². The summed E-state index contributed by atoms with van der Waals surface area (Å²) in [6, 6.07) is 2.11. The van der Waals surface area contributed by atoms with Crippen LogP contribution in [0.5, 0.6) is 0 Å². The molecule has 1 saturated heterocycles. The van der Waals surface area contributed by atoms with Gasteiger partial charge in [-0.25, -0.2) is 9.97 Å². The fourth-order valence-electron chi connectivity index (χ4n) is 1.79. The number of hydrogen-bond acceptors (Lipinski definition) is 4. The number of hydrogen-bond donors (Lipinski definition) is 0. The Morgan fingerprint density at radius 2 is 2.21 bits per heavy atom. The second kappa shape index (κ2) is 2.95. The molecule has 0 radical (unpaired) electrons. The monoisotopic (exact) mass is 188 g/mol. The van der Waals surface area contributed by atoms with Crippen molar-refractivity contribution < 1.29 is 0 Å². The van der Waals surface area contributed by atoms with Gasteiger partial charge in [0.25, 0.3) is 0 Å². The van der Waals surface area contributed by atoms with E-state index in [0.717, 1.165) is 18.9 Å². The van der Waals surface area contributed by atoms with Gasteiger partial charge in [0.1, 0.15) is 23.8 Å². The van der Waals surface area contributed by atoms with Crippen LogP contribution in [0.1, 0.15) is 19.4 Å². The van der Waals surface area contributed by atoms with Gasteiger partial charge >= 0.3 is 0 Å². The molecule has 0 amide bonds. The highest BCUT2D eigenvalue weighted by atomic mass is 15.3. The molecule has 2 rings (SSSR count). The lowest BCUT2D eigenvalue weighted by atomic mass is 9.84. The zero-order chi connectivity index (χ0) is 10.2. The van der Waals surface area contributed by atoms with Crippen molar-refractivity contribution in [2.45, 2.75) is 13.8 Å². The quantitative estimate of drug-likeness (QED) is 0.664. The summed E-state index contributed by atoms with van der Waals surface area (Å²) < 4.78 is 0. The molecule has 0 unspecified atom stereocenters. The number of aromatic nitrogens is 2. The van der Waals surface area contributed by atoms with Crippen molar-refractivity contribution in [3.05, 3.63) is 18.1 Å². The summed E-state index contributed by atoms with van der Waals surface area (Å²) >= 11 is 0. The van der Waals surface area contributed by atoms with Gasteiger partial charge in [0.2, 0.25) is 0 Å². The van der Waals surface area contributed by atoms with Crippen LogP contribution in [0.15, 0.2) is 12.5 Å². The van der Waals surface area contributed by atoms with E-state index in [0.29, 0.717) is 11.0 Å². The zero-order valence-electron chi connectivity index (χ0n) is 8.36. The van der Waals surface area contributed by atoms with Crippen LogP contribution in [0, 0.1) is 16.7 Å². The Kier molecular flexibility index (Phi) is 1.88. The van der Waals surface area contributed by atoms with Gasteiger partial charge < -0.3 is 4.90 Å². The average molecular weight is 188 g/mol. The first-order chi connectivity index (χ1) is 6.62. The van der Waals surface area contributed by atoms with Gasteiger partial charge in [-0.3, -0.25) is 0 Å². The summed E-state index contributed by atoms with van der Waals surface area (Å²) in [5.74, 6) is 0.766. The van der Waals surface area contributed by atoms with Crippen molar-refractivity contribution in [1.29, 1.82) is 5.26 Å². The Labute approximate surface area is 83.2 Å². The van der Waals surface area contributed by atoms with E-state index in [4.69, 9.17) is 5.26 Å². The highest BCUT2D eigenvalue weighted by Crippen LogP contribution is 2.33. The molecule has 4 nitrogen and oxygen atoms in total. The number of rotatable bonds is 1. The average Bonchev–Trinajstić information content (AvgIpc) is 2.14. The van der Waals surface area contributed by atoms with Crippen LogP contribution in [0.25, 0.3) is 0 Å². The topological polar surface area (TPSA) is 52.8 Å². The molecule has 1 aliphatic rings. The second-order valence-corrected chi connectivity index (χ2v) is 4.39. The van der Waals surface area contributed by atoms with Crippen LogP contribution in [-0.4, -0.2) is 23.1 Å². The van der Waals surface area contributed by atoms with Crippen LogP contribution in [0.2, 0.25) is 0 Å². The molecule has 1 fully saturated rings. The first kappa shape index (κ1) is 8.95. The Balaban J connectivity index is 2.23. The molecule has 14 heavy (non-hydrogen) atoms. The zero-order valence-corrected chi connectivity index (χ0v) is 8.36. The van der Waals surface area contributed by atoms with E-state index in [-0.39, 0.29) is 0 Å². The minimum absolute atomic E-state index is 0.345. The van der Waals surface area contributed by atoms with Crippen LogP contribution in [0.3, 0.4) is 0 Å². The van der Waals surface area contributed by atoms with Crippen LogP contribution >= 0.6 is 0 Å². The minimum atomic E-state index is 0.345. The SMILES string of the molecule is CC1(C)CN(c2ncncc2C#N)C1. The second-order valence-electron chi connectivity index (χ2n) is 4.39. The molecule has 0 aliphatic carbocycles. The van der Waals surface area contributed by atoms with E-state index < -0.39 is 0 Å². The van der Waals surface area contributed by atoms with E-state index in [1.807, 2.05) is 0 Å². The molecular weight excluding hydrogens is 176 g/mol. The lowest BCUT2D eigenvalue weighted by Gasteiger charge is -2.46. The smallest absolute Gasteiger partial charge is 0.149 e. The van der Waals surface area contributed by atoms with Crippen LogP contribution in [-0.2, 0) is 0 Å². The van der Waals surface area contributed by atoms with Crippen molar-refractivity contribution >= 4 is 5.82 Å². The van der Waals surface area contributed by atoms with Crippen molar-refractivity contribution in [3.8, 4) is 6.07 Å². The molecule has 0 saturated carbocycles. The Bertz CT molecular complexity index is 383. The lowest BCUT2D eigenvalue weighted by molar-refractivity contribution is 0.274. The minimum Gasteiger partial charge on any atom is -0.354 e. The largest absolute Gasteiger partial charge is 0.354 e. The maximum atomic E-state index is 8.86. The van der Waals surface area contributed by atoms with Gasteiger partial charge in [-0.05, 0) is 5.41 Å². The molecule has 2 heterocycles. The Morgan fingerprint density at radius 3 is 2.79 bits per heavy atom. The summed E-state index contributed by atoms with van der Waals surface area (Å²) in [5, 5.41) is 8.86. The van der Waals surface area contributed by atoms with E-state index in [2.05, 4.69) is 34.8 Å². The third-order valence-electron chi connectivity index (χ3n) is 2.35. The predicted octanol–water partition coefficient (Wildman–Crippen LogP) is 1.19. The van der Waals surface area contributed by atoms with Crippen molar-refractivity contribution in [1.82, 2.24) is 9.97 Å². The lowest BCUT2D eigenvalue weighted by Crippen LogP contribution is -2.53. The van der Waals surface area contributed by atoms with E-state index in [1.54, 1.807) is 6.20 Å². The highest BCUT2D eigenvalue weighted by molar-refractivity contribution is 5.54. The number of nitrogens with zero attached hydrogens (tertiary/aromatic N) is 4. The first-order valence-corrected chi connectivity index (χ1v) is 4.57. The predicted molar refractivity (Wildman–Crippen MR) is 52.7 cm³/mol. The summed E-state index contributed by atoms with van der Waals surface area (Å²) in [6.45, 7) is 6.32. The normalized spacial score (nSPS) is 18.5. The van der Waals surface area contributed by atoms with Crippen LogP contribution < -0.4 is 4.90 Å². The molecule has 1 aliphatic heterocycles. The molecule has 0 spiro atoms. The van der Waals surface area contributed by atoms with Gasteiger partial charge in [0.15, 0.2) is 0 Å². The maximum absolute atomic E-state index is 8.86. The van der Waals surface area contributed by atoms with Gasteiger partial charge in [-0.1, -0.05) is 13.8 Å². The van der Waals surface area contributed by atoms with E-state index in [9.17, 15) is 0 Å². The molecular formula is C10H12N4. The summed E-state index contributed by atoms with van der Waals surface area (Å²) in [6.07, 6.45) is 3.05. The molecule has 0 N–H and O–H groups in total. The Hall–Kier alpha value is -1.63. The molecule has 1 aromatic rings. The fourth-order valence-corrected chi connectivity index (χ4v) is 1.79. The summed E-state index contributed by atoms with van der Waals surface area (Å²) in [7, 11) is 0. The molecule has 72 valence electrons.